The molecule has 0 bridgehead atoms. The van der Waals surface area contributed by atoms with Crippen LogP contribution in [0.25, 0.3) is 0 Å². The predicted octanol–water partition coefficient (Wildman–Crippen LogP) is 3.62. The maximum Gasteiger partial charge on any atom is 0.233 e. The summed E-state index contributed by atoms with van der Waals surface area (Å²) in [7, 11) is 0. The van der Waals surface area contributed by atoms with E-state index in [9.17, 15) is 4.79 Å². The average molecular weight is 289 g/mol. The first-order chi connectivity index (χ1) is 9.74. The van der Waals surface area contributed by atoms with Gasteiger partial charge in [-0.25, -0.2) is 0 Å². The second kappa shape index (κ2) is 7.14. The Morgan fingerprint density at radius 2 is 2.00 bits per heavy atom. The van der Waals surface area contributed by atoms with E-state index in [4.69, 9.17) is 0 Å². The minimum Gasteiger partial charge on any atom is -0.300 e. The van der Waals surface area contributed by atoms with Gasteiger partial charge in [-0.15, -0.1) is 10.2 Å². The van der Waals surface area contributed by atoms with Crippen molar-refractivity contribution in [2.45, 2.75) is 39.0 Å². The van der Waals surface area contributed by atoms with Gasteiger partial charge in [0, 0.05) is 0 Å². The van der Waals surface area contributed by atoms with Gasteiger partial charge in [-0.2, -0.15) is 0 Å². The summed E-state index contributed by atoms with van der Waals surface area (Å²) in [6.45, 7) is 4.11. The molecule has 106 valence electrons. The fraction of sp³-hybridized carbons (Fsp3) is 0.400. The van der Waals surface area contributed by atoms with Crippen molar-refractivity contribution in [1.29, 1.82) is 0 Å². The molecule has 5 heteroatoms. The van der Waals surface area contributed by atoms with E-state index in [1.165, 1.54) is 11.3 Å². The summed E-state index contributed by atoms with van der Waals surface area (Å²) in [6, 6.07) is 9.88. The Bertz CT molecular complexity index is 553. The van der Waals surface area contributed by atoms with Crippen molar-refractivity contribution in [2.75, 3.05) is 5.32 Å². The third kappa shape index (κ3) is 3.63. The molecule has 0 saturated carbocycles. The number of benzene rings is 1. The summed E-state index contributed by atoms with van der Waals surface area (Å²) in [6.07, 6.45) is 2.63. The van der Waals surface area contributed by atoms with Gasteiger partial charge in [0.05, 0.1) is 5.92 Å². The molecule has 0 radical (unpaired) electrons. The Hall–Kier alpha value is -1.75. The van der Waals surface area contributed by atoms with E-state index in [0.29, 0.717) is 5.13 Å². The Labute approximate surface area is 123 Å². The molecule has 2 rings (SSSR count). The topological polar surface area (TPSA) is 54.9 Å². The van der Waals surface area contributed by atoms with Gasteiger partial charge < -0.3 is 0 Å². The molecule has 1 heterocycles. The van der Waals surface area contributed by atoms with Crippen LogP contribution in [0, 0.1) is 0 Å². The maximum absolute atomic E-state index is 12.4. The number of rotatable bonds is 6. The summed E-state index contributed by atoms with van der Waals surface area (Å²) in [4.78, 5) is 12.4. The van der Waals surface area contributed by atoms with Crippen molar-refractivity contribution in [3.05, 3.63) is 40.9 Å². The molecule has 0 saturated heterocycles. The van der Waals surface area contributed by atoms with Crippen LogP contribution in [0.15, 0.2) is 30.3 Å². The molecule has 4 nitrogen and oxygen atoms in total. The van der Waals surface area contributed by atoms with E-state index in [1.807, 2.05) is 37.3 Å². The highest BCUT2D eigenvalue weighted by atomic mass is 32.1. The molecule has 0 aliphatic carbocycles. The third-order valence-electron chi connectivity index (χ3n) is 3.10. The summed E-state index contributed by atoms with van der Waals surface area (Å²) < 4.78 is 0. The molecule has 1 N–H and O–H groups in total. The number of amides is 1. The van der Waals surface area contributed by atoms with Crippen molar-refractivity contribution in [2.24, 2.45) is 0 Å². The van der Waals surface area contributed by atoms with E-state index in [2.05, 4.69) is 22.4 Å². The molecule has 1 aromatic heterocycles. The normalized spacial score (nSPS) is 12.1. The van der Waals surface area contributed by atoms with Crippen LogP contribution in [0.3, 0.4) is 0 Å². The summed E-state index contributed by atoms with van der Waals surface area (Å²) >= 11 is 1.44. The SMILES string of the molecule is CCC[C@@H](C(=O)Nc1nnc(CC)s1)c1ccccc1. The van der Waals surface area contributed by atoms with Crippen LogP contribution in [0.4, 0.5) is 5.13 Å². The van der Waals surface area contributed by atoms with Crippen molar-refractivity contribution < 1.29 is 4.79 Å². The molecule has 0 aliphatic heterocycles. The molecule has 20 heavy (non-hydrogen) atoms. The van der Waals surface area contributed by atoms with Gasteiger partial charge in [0.1, 0.15) is 5.01 Å². The first-order valence-corrected chi connectivity index (χ1v) is 7.74. The van der Waals surface area contributed by atoms with Gasteiger partial charge in [0.25, 0.3) is 0 Å². The zero-order chi connectivity index (χ0) is 14.4. The van der Waals surface area contributed by atoms with Crippen LogP contribution >= 0.6 is 11.3 Å². The van der Waals surface area contributed by atoms with E-state index >= 15 is 0 Å². The number of anilines is 1. The minimum absolute atomic E-state index is 0.00291. The maximum atomic E-state index is 12.4. The number of carbonyl (C=O) groups is 1. The van der Waals surface area contributed by atoms with E-state index < -0.39 is 0 Å². The van der Waals surface area contributed by atoms with Gasteiger partial charge in [-0.3, -0.25) is 10.1 Å². The van der Waals surface area contributed by atoms with Crippen molar-refractivity contribution in [3.8, 4) is 0 Å². The number of aryl methyl sites for hydroxylation is 1. The predicted molar refractivity (Wildman–Crippen MR) is 82.0 cm³/mol. The van der Waals surface area contributed by atoms with Crippen LogP contribution < -0.4 is 5.32 Å². The van der Waals surface area contributed by atoms with Gasteiger partial charge in [0.15, 0.2) is 0 Å². The summed E-state index contributed by atoms with van der Waals surface area (Å²) in [5, 5.41) is 12.4. The summed E-state index contributed by atoms with van der Waals surface area (Å²) in [5.74, 6) is -0.132. The van der Waals surface area contributed by atoms with Crippen LogP contribution in [-0.2, 0) is 11.2 Å². The highest BCUT2D eigenvalue weighted by Gasteiger charge is 2.20. The number of nitrogens with zero attached hydrogens (tertiary/aromatic N) is 2. The monoisotopic (exact) mass is 289 g/mol. The Kier molecular flexibility index (Phi) is 5.24. The van der Waals surface area contributed by atoms with Crippen LogP contribution in [-0.4, -0.2) is 16.1 Å². The lowest BCUT2D eigenvalue weighted by Crippen LogP contribution is -2.21. The Balaban J connectivity index is 2.11. The lowest BCUT2D eigenvalue weighted by molar-refractivity contribution is -0.117. The summed E-state index contributed by atoms with van der Waals surface area (Å²) in [5.41, 5.74) is 1.05. The number of nitrogens with one attached hydrogen (secondary N) is 1. The number of aromatic nitrogens is 2. The smallest absolute Gasteiger partial charge is 0.233 e. The standard InChI is InChI=1S/C15H19N3OS/c1-3-8-12(11-9-6-5-7-10-11)14(19)16-15-18-17-13(4-2)20-15/h5-7,9-10,12H,3-4,8H2,1-2H3,(H,16,18,19)/t12-/m1/s1. The van der Waals surface area contributed by atoms with E-state index in [1.54, 1.807) is 0 Å². The first-order valence-electron chi connectivity index (χ1n) is 6.92. The first kappa shape index (κ1) is 14.7. The van der Waals surface area contributed by atoms with E-state index in [0.717, 1.165) is 29.8 Å². The largest absolute Gasteiger partial charge is 0.300 e. The lowest BCUT2D eigenvalue weighted by Gasteiger charge is -2.15. The van der Waals surface area contributed by atoms with Crippen molar-refractivity contribution in [3.63, 3.8) is 0 Å². The highest BCUT2D eigenvalue weighted by Crippen LogP contribution is 2.24. The zero-order valence-corrected chi connectivity index (χ0v) is 12.6. The molecule has 0 unspecified atom stereocenters. The fourth-order valence-corrected chi connectivity index (χ4v) is 2.75. The average Bonchev–Trinajstić information content (AvgIpc) is 2.93. The van der Waals surface area contributed by atoms with Crippen molar-refractivity contribution in [1.82, 2.24) is 10.2 Å². The van der Waals surface area contributed by atoms with Gasteiger partial charge in [-0.05, 0) is 18.4 Å². The molecule has 1 amide bonds. The van der Waals surface area contributed by atoms with Crippen LogP contribution in [0.1, 0.15) is 43.2 Å². The highest BCUT2D eigenvalue weighted by molar-refractivity contribution is 7.15. The minimum atomic E-state index is -0.129. The van der Waals surface area contributed by atoms with Gasteiger partial charge in [0.2, 0.25) is 11.0 Å². The number of carbonyl (C=O) groups excluding carboxylic acids is 1. The molecule has 0 spiro atoms. The molecular formula is C15H19N3OS. The molecular weight excluding hydrogens is 270 g/mol. The molecule has 0 fully saturated rings. The lowest BCUT2D eigenvalue weighted by atomic mass is 9.94. The molecule has 2 aromatic rings. The van der Waals surface area contributed by atoms with Gasteiger partial charge in [-0.1, -0.05) is 61.9 Å². The Morgan fingerprint density at radius 1 is 1.25 bits per heavy atom. The fourth-order valence-electron chi connectivity index (χ4n) is 2.06. The van der Waals surface area contributed by atoms with E-state index in [-0.39, 0.29) is 11.8 Å². The molecule has 1 aromatic carbocycles. The van der Waals surface area contributed by atoms with Crippen molar-refractivity contribution >= 4 is 22.4 Å². The second-order valence-corrected chi connectivity index (χ2v) is 5.66. The van der Waals surface area contributed by atoms with Crippen LogP contribution in [0.5, 0.6) is 0 Å². The third-order valence-corrected chi connectivity index (χ3v) is 4.08. The number of hydrogen-bond acceptors (Lipinski definition) is 4. The molecule has 0 aliphatic rings. The molecule has 1 atom stereocenters. The quantitative estimate of drug-likeness (QED) is 0.883. The second-order valence-electron chi connectivity index (χ2n) is 4.60. The van der Waals surface area contributed by atoms with Gasteiger partial charge >= 0.3 is 0 Å². The Morgan fingerprint density at radius 3 is 2.60 bits per heavy atom. The number of hydrogen-bond donors (Lipinski definition) is 1. The zero-order valence-electron chi connectivity index (χ0n) is 11.8. The van der Waals surface area contributed by atoms with Crippen LogP contribution in [0.2, 0.25) is 0 Å².